The van der Waals surface area contributed by atoms with E-state index in [1.54, 1.807) is 0 Å². The summed E-state index contributed by atoms with van der Waals surface area (Å²) < 4.78 is 13.7. The van der Waals surface area contributed by atoms with Gasteiger partial charge in [-0.3, -0.25) is 0 Å². The Labute approximate surface area is 270 Å². The topological polar surface area (TPSA) is 26.3 Å². The molecule has 0 spiro atoms. The third kappa shape index (κ3) is 5.37. The Balaban J connectivity index is 0.000000477. The van der Waals surface area contributed by atoms with Crippen molar-refractivity contribution in [3.05, 3.63) is 184 Å². The summed E-state index contributed by atoms with van der Waals surface area (Å²) in [4.78, 5) is 0. The standard InChI is InChI=1S/C35H22O2P.C5H5.Fe/c1-4-13-26-23(9-1)12-7-16-29(26)30-17-8-18-33(30)38-36-31-21-19-24-10-2-5-14-27(24)34(31)35-28-15-6-3-11-25(28)20-22-32(35)37-38;1-2-4-5-3-1;/h1-22H;1-5H;/q;;+2. The second kappa shape index (κ2) is 12.9. The third-order valence-corrected chi connectivity index (χ3v) is 9.53. The average molecular weight is 626 g/mol. The molecule has 0 atom stereocenters. The molecule has 10 radical (unpaired) electrons. The Morgan fingerprint density at radius 2 is 0.886 bits per heavy atom. The van der Waals surface area contributed by atoms with Crippen LogP contribution in [0.25, 0.3) is 54.3 Å². The van der Waals surface area contributed by atoms with Crippen molar-refractivity contribution < 1.29 is 25.5 Å². The number of fused-ring (bicyclic) bond motifs is 8. The van der Waals surface area contributed by atoms with Crippen LogP contribution in [-0.2, 0) is 17.1 Å². The maximum absolute atomic E-state index is 6.86. The molecule has 210 valence electrons. The second-order valence-corrected chi connectivity index (χ2v) is 11.9. The SMILES string of the molecule is [CH]1[CH][CH][CH][CH]1.[CH]1[CH][C](c2cccc3ccccc23)[C](p2oc3ccc4ccccc4c3c3c(ccc4ccccc43)o2)[CH]1.[Fe+2]. The molecule has 0 bridgehead atoms. The first-order valence-electron chi connectivity index (χ1n) is 14.5. The molecule has 2 aliphatic carbocycles. The summed E-state index contributed by atoms with van der Waals surface area (Å²) in [5, 5.41) is 9.34. The van der Waals surface area contributed by atoms with Crippen molar-refractivity contribution in [2.45, 2.75) is 0 Å². The van der Waals surface area contributed by atoms with Crippen LogP contribution in [0, 0.1) is 62.9 Å². The Hall–Kier alpha value is -3.48. The van der Waals surface area contributed by atoms with Crippen molar-refractivity contribution in [3.8, 4) is 0 Å². The average Bonchev–Trinajstić information content (AvgIpc) is 3.78. The van der Waals surface area contributed by atoms with E-state index in [1.807, 2.05) is 32.1 Å². The number of benzene rings is 6. The molecular weight excluding hydrogens is 599 g/mol. The van der Waals surface area contributed by atoms with Crippen LogP contribution in [0.5, 0.6) is 0 Å². The molecule has 9 rings (SSSR count). The molecular formula is C40H27FeO2P+2. The minimum absolute atomic E-state index is 0. The Morgan fingerprint density at radius 1 is 0.409 bits per heavy atom. The quantitative estimate of drug-likeness (QED) is 0.179. The molecule has 0 aliphatic heterocycles. The second-order valence-electron chi connectivity index (χ2n) is 10.6. The summed E-state index contributed by atoms with van der Waals surface area (Å²) in [6.45, 7) is 0. The summed E-state index contributed by atoms with van der Waals surface area (Å²) >= 11 is 0. The van der Waals surface area contributed by atoms with E-state index in [1.165, 1.54) is 37.9 Å². The normalized spacial score (nSPS) is 15.5. The summed E-state index contributed by atoms with van der Waals surface area (Å²) in [5.74, 6) is 1.15. The summed E-state index contributed by atoms with van der Waals surface area (Å²) in [6, 6.07) is 40.5. The van der Waals surface area contributed by atoms with E-state index in [-0.39, 0.29) is 17.1 Å². The molecule has 0 N–H and O–H groups in total. The summed E-state index contributed by atoms with van der Waals surface area (Å²) in [6.07, 6.45) is 16.4. The van der Waals surface area contributed by atoms with Crippen molar-refractivity contribution >= 4 is 62.3 Å². The Bertz CT molecular complexity index is 2020. The van der Waals surface area contributed by atoms with E-state index in [2.05, 4.69) is 135 Å². The van der Waals surface area contributed by atoms with Crippen LogP contribution >= 0.6 is 8.01 Å². The van der Waals surface area contributed by atoms with Crippen LogP contribution < -0.4 is 0 Å². The molecule has 0 amide bonds. The zero-order valence-electron chi connectivity index (χ0n) is 23.7. The molecule has 6 aromatic carbocycles. The first-order chi connectivity index (χ1) is 21.3. The molecule has 0 unspecified atom stereocenters. The van der Waals surface area contributed by atoms with E-state index in [4.69, 9.17) is 8.39 Å². The molecule has 7 aromatic rings. The predicted octanol–water partition coefficient (Wildman–Crippen LogP) is 11.4. The zero-order chi connectivity index (χ0) is 28.6. The smallest absolute Gasteiger partial charge is 0.419 e. The van der Waals surface area contributed by atoms with Gasteiger partial charge in [0.1, 0.15) is 16.8 Å². The number of hydrogen-bond donors (Lipinski definition) is 0. The third-order valence-electron chi connectivity index (χ3n) is 8.02. The minimum Gasteiger partial charge on any atom is -0.419 e. The fourth-order valence-corrected chi connectivity index (χ4v) is 7.54. The first-order valence-corrected chi connectivity index (χ1v) is 15.6. The Kier molecular flexibility index (Phi) is 8.55. The first kappa shape index (κ1) is 29.2. The molecule has 2 saturated carbocycles. The van der Waals surface area contributed by atoms with Gasteiger partial charge >= 0.3 is 17.1 Å². The van der Waals surface area contributed by atoms with E-state index < -0.39 is 8.01 Å². The molecule has 2 fully saturated rings. The van der Waals surface area contributed by atoms with Gasteiger partial charge in [-0.15, -0.1) is 0 Å². The van der Waals surface area contributed by atoms with Gasteiger partial charge < -0.3 is 8.39 Å². The van der Waals surface area contributed by atoms with Crippen LogP contribution in [0.15, 0.2) is 124 Å². The molecule has 0 saturated heterocycles. The van der Waals surface area contributed by atoms with Crippen molar-refractivity contribution in [2.75, 3.05) is 0 Å². The van der Waals surface area contributed by atoms with Gasteiger partial charge in [0, 0.05) is 16.7 Å². The molecule has 4 heteroatoms. The van der Waals surface area contributed by atoms with Gasteiger partial charge in [-0.25, -0.2) is 0 Å². The van der Waals surface area contributed by atoms with E-state index in [9.17, 15) is 0 Å². The van der Waals surface area contributed by atoms with E-state index in [0.29, 0.717) is 0 Å². The van der Waals surface area contributed by atoms with Crippen LogP contribution in [0.4, 0.5) is 0 Å². The fourth-order valence-electron chi connectivity index (χ4n) is 6.05. The zero-order valence-corrected chi connectivity index (χ0v) is 25.7. The largest absolute Gasteiger partial charge is 2.00 e. The molecule has 44 heavy (non-hydrogen) atoms. The van der Waals surface area contributed by atoms with Gasteiger partial charge in [0.05, 0.1) is 0 Å². The summed E-state index contributed by atoms with van der Waals surface area (Å²) in [5.41, 5.74) is 3.99. The molecule has 1 heterocycles. The monoisotopic (exact) mass is 626 g/mol. The van der Waals surface area contributed by atoms with Gasteiger partial charge in [0.2, 0.25) is 8.01 Å². The van der Waals surface area contributed by atoms with Crippen molar-refractivity contribution in [2.24, 2.45) is 0 Å². The van der Waals surface area contributed by atoms with Crippen molar-refractivity contribution in [3.63, 3.8) is 0 Å². The van der Waals surface area contributed by atoms with Crippen LogP contribution in [0.1, 0.15) is 5.56 Å². The molecule has 2 aliphatic rings. The van der Waals surface area contributed by atoms with Gasteiger partial charge in [-0.2, -0.15) is 0 Å². The van der Waals surface area contributed by atoms with Gasteiger partial charge in [0.15, 0.2) is 0 Å². The van der Waals surface area contributed by atoms with Crippen LogP contribution in [0.3, 0.4) is 0 Å². The van der Waals surface area contributed by atoms with Crippen LogP contribution in [0.2, 0.25) is 0 Å². The molecule has 1 aromatic heterocycles. The number of rotatable bonds is 2. The minimum atomic E-state index is -1.44. The van der Waals surface area contributed by atoms with Gasteiger partial charge in [-0.1, -0.05) is 103 Å². The maximum Gasteiger partial charge on any atom is 2.00 e. The van der Waals surface area contributed by atoms with Crippen molar-refractivity contribution in [1.82, 2.24) is 0 Å². The number of hydrogen-bond acceptors (Lipinski definition) is 2. The van der Waals surface area contributed by atoms with Crippen molar-refractivity contribution in [1.29, 1.82) is 0 Å². The Morgan fingerprint density at radius 3 is 1.45 bits per heavy atom. The maximum atomic E-state index is 6.86. The predicted molar refractivity (Wildman–Crippen MR) is 181 cm³/mol. The van der Waals surface area contributed by atoms with Gasteiger partial charge in [-0.05, 0) is 101 Å². The van der Waals surface area contributed by atoms with Gasteiger partial charge in [0.25, 0.3) is 0 Å². The van der Waals surface area contributed by atoms with Crippen LogP contribution in [-0.4, -0.2) is 0 Å². The summed E-state index contributed by atoms with van der Waals surface area (Å²) in [7, 11) is -1.44. The van der Waals surface area contributed by atoms with E-state index in [0.717, 1.165) is 33.5 Å². The fraction of sp³-hybridized carbons (Fsp3) is 0. The molecule has 2 nitrogen and oxygen atoms in total. The van der Waals surface area contributed by atoms with E-state index >= 15 is 0 Å².